The van der Waals surface area contributed by atoms with Crippen molar-refractivity contribution in [3.8, 4) is 73.0 Å². The van der Waals surface area contributed by atoms with E-state index in [2.05, 4.69) is 438 Å². The highest BCUT2D eigenvalue weighted by Gasteiger charge is 2.35. The lowest BCUT2D eigenvalue weighted by molar-refractivity contribution is 0.660. The largest absolute Gasteiger partial charge is 0.292 e. The summed E-state index contributed by atoms with van der Waals surface area (Å²) in [6.07, 6.45) is 0. The Kier molecular flexibility index (Phi) is 15.9. The van der Waals surface area contributed by atoms with Gasteiger partial charge in [0, 0.05) is 60.1 Å². The van der Waals surface area contributed by atoms with Gasteiger partial charge in [-0.3, -0.25) is 17.8 Å². The minimum atomic E-state index is -0.0239. The maximum atomic E-state index is 5.15. The third-order valence-electron chi connectivity index (χ3n) is 26.7. The van der Waals surface area contributed by atoms with Crippen molar-refractivity contribution in [2.24, 2.45) is 0 Å². The van der Waals surface area contributed by atoms with E-state index in [9.17, 15) is 0 Å². The molecule has 1 aliphatic carbocycles. The van der Waals surface area contributed by atoms with Crippen LogP contribution in [0.2, 0.25) is 0 Å². The minimum absolute atomic E-state index is 0.0239. The Balaban J connectivity index is 0.000000101. The van der Waals surface area contributed by atoms with Crippen molar-refractivity contribution in [1.29, 1.82) is 0 Å². The summed E-state index contributed by atoms with van der Waals surface area (Å²) in [5.74, 6) is 0.933. The highest BCUT2D eigenvalue weighted by atomic mass is 15.1. The molecule has 0 N–H and O–H groups in total. The highest BCUT2D eigenvalue weighted by molar-refractivity contribution is 6.21. The van der Waals surface area contributed by atoms with Crippen molar-refractivity contribution >= 4 is 169 Å². The lowest BCUT2D eigenvalue weighted by Crippen LogP contribution is -2.14. The molecule has 0 spiro atoms. The van der Waals surface area contributed by atoms with E-state index < -0.39 is 0 Å². The molecule has 19 aromatic carbocycles. The van der Waals surface area contributed by atoms with Gasteiger partial charge < -0.3 is 0 Å². The third-order valence-corrected chi connectivity index (χ3v) is 26.7. The van der Waals surface area contributed by atoms with Crippen LogP contribution in [-0.4, -0.2) is 42.7 Å². The summed E-state index contributed by atoms with van der Waals surface area (Å²) >= 11 is 0. The standard InChI is InChI=1S/C42H26N4.C38H23N3.C38H26N2/c1-2-12-32(13-3-1)45-38-16-8-6-14-36(38)43-41(45)28-20-18-27(19-21-28)31-22-23-33-34-24-29-10-4-5-11-30(29)25-35(34)42-44-37-15-7-9-17-39(37)46(42)40(33)26-31;1-2-9-25-20-28(17-16-24(25)8-1)33-13-7-14-34(39-33)29-18-19-30-31-21-26-10-3-4-11-27(26)22-32(31)38-40-35-12-5-6-15-36(35)41(38)37(30)23-29;1-38(2)32-12-6-5-11-27(32)28-17-15-25(21-33(28)38)26-16-18-29-30-19-23-9-3-4-10-24(23)20-31(30)37-39-34-13-7-8-14-35(34)40(37)36(29)22-26/h1-26H;1-23H;3-22H,1-2H3. The van der Waals surface area contributed by atoms with Crippen LogP contribution in [0.5, 0.6) is 0 Å². The molecule has 28 rings (SSSR count). The Bertz CT molecular complexity index is 9330. The van der Waals surface area contributed by atoms with E-state index in [4.69, 9.17) is 24.9 Å². The van der Waals surface area contributed by atoms with Gasteiger partial charge in [-0.15, -0.1) is 0 Å². The van der Waals surface area contributed by atoms with Gasteiger partial charge in [0.15, 0.2) is 0 Å². The van der Waals surface area contributed by atoms with Crippen LogP contribution in [0.25, 0.3) is 242 Å². The van der Waals surface area contributed by atoms with Gasteiger partial charge >= 0.3 is 0 Å². The van der Waals surface area contributed by atoms with Gasteiger partial charge in [-0.2, -0.15) is 0 Å². The summed E-state index contributed by atoms with van der Waals surface area (Å²) in [7, 11) is 0. The van der Waals surface area contributed by atoms with Crippen LogP contribution < -0.4 is 0 Å². The number of hydrogen-bond acceptors (Lipinski definition) is 5. The summed E-state index contributed by atoms with van der Waals surface area (Å²) in [4.78, 5) is 25.6. The average Bonchev–Trinajstić information content (AvgIpc) is 1.65. The van der Waals surface area contributed by atoms with Crippen molar-refractivity contribution in [3.63, 3.8) is 0 Å². The molecular weight excluding hydrogens is 1540 g/mol. The fourth-order valence-corrected chi connectivity index (χ4v) is 20.5. The molecule has 0 fully saturated rings. The van der Waals surface area contributed by atoms with Crippen LogP contribution in [0.1, 0.15) is 25.0 Å². The summed E-state index contributed by atoms with van der Waals surface area (Å²) in [6, 6.07) is 150. The van der Waals surface area contributed by atoms with Crippen molar-refractivity contribution in [1.82, 2.24) is 42.7 Å². The zero-order valence-electron chi connectivity index (χ0n) is 69.4. The van der Waals surface area contributed by atoms with E-state index in [1.165, 1.54) is 125 Å². The van der Waals surface area contributed by atoms with Crippen LogP contribution in [0, 0.1) is 0 Å². The molecule has 0 bridgehead atoms. The number of aromatic nitrogens is 9. The van der Waals surface area contributed by atoms with E-state index in [1.807, 2.05) is 12.1 Å². The molecular formula is C118H75N9. The Morgan fingerprint density at radius 3 is 1.05 bits per heavy atom. The maximum Gasteiger partial charge on any atom is 0.146 e. The number of pyridine rings is 4. The summed E-state index contributed by atoms with van der Waals surface area (Å²) in [5.41, 5.74) is 31.5. The van der Waals surface area contributed by atoms with Gasteiger partial charge in [0.05, 0.1) is 72.1 Å². The molecule has 0 aliphatic heterocycles. The van der Waals surface area contributed by atoms with Crippen molar-refractivity contribution < 1.29 is 0 Å². The molecule has 0 atom stereocenters. The van der Waals surface area contributed by atoms with Crippen molar-refractivity contribution in [3.05, 3.63) is 430 Å². The number of imidazole rings is 4. The Morgan fingerprint density at radius 1 is 0.197 bits per heavy atom. The molecule has 0 radical (unpaired) electrons. The molecule has 27 aromatic rings. The molecule has 0 saturated carbocycles. The summed E-state index contributed by atoms with van der Waals surface area (Å²) in [5, 5.41) is 20.7. The van der Waals surface area contributed by atoms with Crippen LogP contribution >= 0.6 is 0 Å². The van der Waals surface area contributed by atoms with E-state index >= 15 is 0 Å². The second-order valence-corrected chi connectivity index (χ2v) is 34.3. The smallest absolute Gasteiger partial charge is 0.146 e. The molecule has 9 heteroatoms. The zero-order valence-corrected chi connectivity index (χ0v) is 69.4. The lowest BCUT2D eigenvalue weighted by Gasteiger charge is -2.22. The van der Waals surface area contributed by atoms with E-state index in [-0.39, 0.29) is 5.41 Å². The lowest BCUT2D eigenvalue weighted by atomic mass is 9.81. The molecule has 0 amide bonds. The first-order chi connectivity index (χ1) is 62.7. The second kappa shape index (κ2) is 28.2. The molecule has 8 heterocycles. The van der Waals surface area contributed by atoms with Crippen LogP contribution in [0.15, 0.2) is 419 Å². The minimum Gasteiger partial charge on any atom is -0.292 e. The monoisotopic (exact) mass is 1620 g/mol. The maximum absolute atomic E-state index is 5.15. The van der Waals surface area contributed by atoms with Gasteiger partial charge in [-0.05, 0) is 243 Å². The first-order valence-corrected chi connectivity index (χ1v) is 43.5. The molecule has 0 unspecified atom stereocenters. The number of fused-ring (bicyclic) bond motifs is 32. The van der Waals surface area contributed by atoms with Gasteiger partial charge in [-0.25, -0.2) is 24.9 Å². The van der Waals surface area contributed by atoms with E-state index in [0.717, 1.165) is 128 Å². The van der Waals surface area contributed by atoms with Gasteiger partial charge in [0.25, 0.3) is 0 Å². The topological polar surface area (TPSA) is 82.6 Å². The second-order valence-electron chi connectivity index (χ2n) is 34.3. The van der Waals surface area contributed by atoms with Gasteiger partial charge in [0.1, 0.15) is 22.8 Å². The predicted octanol–water partition coefficient (Wildman–Crippen LogP) is 30.4. The number of para-hydroxylation sites is 9. The first-order valence-electron chi connectivity index (χ1n) is 43.5. The van der Waals surface area contributed by atoms with Crippen LogP contribution in [0.3, 0.4) is 0 Å². The van der Waals surface area contributed by atoms with Gasteiger partial charge in [-0.1, -0.05) is 293 Å². The first kappa shape index (κ1) is 71.9. The Hall–Kier alpha value is -16.8. The number of benzene rings is 19. The fraction of sp³-hybridized carbons (Fsp3) is 0.0254. The SMILES string of the molecule is CC1(C)c2ccccc2-c2ccc(-c3ccc4c5cc6ccccc6cc5c5nc6ccccc6n5c4c3)cc21.c1cc(-c2ccc3ccccc3c2)nc(-c2ccc3c4cc5ccccc5cc4c4nc5ccccc5n4c3c2)c1.c1ccc(-n2c(-c3ccc(-c4ccc5c6cc7ccccc7cc6c6nc7ccccc7n6c5c4)cc3)nc3ccccc32)cc1. The highest BCUT2D eigenvalue weighted by Crippen LogP contribution is 2.51. The number of rotatable bonds is 6. The number of hydrogen-bond donors (Lipinski definition) is 0. The van der Waals surface area contributed by atoms with E-state index in [0.29, 0.717) is 0 Å². The third kappa shape index (κ3) is 11.5. The molecule has 0 saturated heterocycles. The van der Waals surface area contributed by atoms with E-state index in [1.54, 1.807) is 0 Å². The molecule has 8 aromatic heterocycles. The molecule has 592 valence electrons. The Labute approximate surface area is 728 Å². The molecule has 127 heavy (non-hydrogen) atoms. The summed E-state index contributed by atoms with van der Waals surface area (Å²) in [6.45, 7) is 4.69. The number of nitrogens with zero attached hydrogens (tertiary/aromatic N) is 9. The normalized spacial score (nSPS) is 12.6. The van der Waals surface area contributed by atoms with Gasteiger partial charge in [0.2, 0.25) is 0 Å². The zero-order chi connectivity index (χ0) is 83.7. The molecule has 9 nitrogen and oxygen atoms in total. The quantitative estimate of drug-likeness (QED) is 0.122. The van der Waals surface area contributed by atoms with Crippen LogP contribution in [0.4, 0.5) is 0 Å². The fourth-order valence-electron chi connectivity index (χ4n) is 20.5. The average molecular weight is 1620 g/mol. The van der Waals surface area contributed by atoms with Crippen LogP contribution in [-0.2, 0) is 5.41 Å². The van der Waals surface area contributed by atoms with Crippen molar-refractivity contribution in [2.45, 2.75) is 19.3 Å². The Morgan fingerprint density at radius 2 is 0.543 bits per heavy atom. The molecule has 1 aliphatic rings. The van der Waals surface area contributed by atoms with Crippen molar-refractivity contribution in [2.75, 3.05) is 0 Å². The predicted molar refractivity (Wildman–Crippen MR) is 530 cm³/mol. The summed E-state index contributed by atoms with van der Waals surface area (Å²) < 4.78 is 9.26.